The molecule has 1 saturated carbocycles. The highest BCUT2D eigenvalue weighted by Gasteiger charge is 2.30. The van der Waals surface area contributed by atoms with E-state index in [9.17, 15) is 9.59 Å². The van der Waals surface area contributed by atoms with Gasteiger partial charge in [-0.3, -0.25) is 4.79 Å². The molecule has 0 aromatic heterocycles. The van der Waals surface area contributed by atoms with Gasteiger partial charge in [0.1, 0.15) is 5.60 Å². The lowest BCUT2D eigenvalue weighted by molar-refractivity contribution is -0.124. The Balaban J connectivity index is 2.43. The Hall–Kier alpha value is -1.30. The van der Waals surface area contributed by atoms with Gasteiger partial charge in [0, 0.05) is 19.1 Å². The first-order valence-electron chi connectivity index (χ1n) is 8.53. The van der Waals surface area contributed by atoms with E-state index in [1.54, 1.807) is 11.9 Å². The molecular formula is C17H33N3O3. The van der Waals surface area contributed by atoms with Gasteiger partial charge in [-0.15, -0.1) is 0 Å². The van der Waals surface area contributed by atoms with Crippen LogP contribution >= 0.6 is 0 Å². The Labute approximate surface area is 140 Å². The number of nitrogens with one attached hydrogen (secondary N) is 1. The Kier molecular flexibility index (Phi) is 6.86. The molecule has 1 aliphatic rings. The molecule has 1 aliphatic carbocycles. The molecule has 0 heterocycles. The zero-order valence-corrected chi connectivity index (χ0v) is 15.4. The van der Waals surface area contributed by atoms with Gasteiger partial charge >= 0.3 is 6.09 Å². The maximum Gasteiger partial charge on any atom is 0.410 e. The number of carbonyl (C=O) groups excluding carboxylic acids is 2. The number of hydrogen-bond acceptors (Lipinski definition) is 4. The standard InChI is InChI=1S/C17H33N3O3/c1-11(2)14(18)15(21)19-12-7-9-13(10-8-12)20(6)16(22)23-17(3,4)5/h11-14H,7-10,18H2,1-6H3,(H,19,21)/t12?,13?,14-/m0/s1. The summed E-state index contributed by atoms with van der Waals surface area (Å²) >= 11 is 0. The van der Waals surface area contributed by atoms with E-state index < -0.39 is 11.6 Å². The van der Waals surface area contributed by atoms with Crippen molar-refractivity contribution in [3.05, 3.63) is 0 Å². The number of nitrogens with zero attached hydrogens (tertiary/aromatic N) is 1. The predicted molar refractivity (Wildman–Crippen MR) is 91.0 cm³/mol. The van der Waals surface area contributed by atoms with Crippen molar-refractivity contribution >= 4 is 12.0 Å². The van der Waals surface area contributed by atoms with Crippen LogP contribution in [0, 0.1) is 5.92 Å². The number of hydrogen-bond donors (Lipinski definition) is 2. The molecule has 0 aliphatic heterocycles. The molecule has 0 radical (unpaired) electrons. The number of amides is 2. The molecule has 23 heavy (non-hydrogen) atoms. The second-order valence-electron chi connectivity index (χ2n) is 7.88. The summed E-state index contributed by atoms with van der Waals surface area (Å²) in [5, 5.41) is 3.03. The van der Waals surface area contributed by atoms with Crippen molar-refractivity contribution in [2.75, 3.05) is 7.05 Å². The molecule has 1 atom stereocenters. The van der Waals surface area contributed by atoms with Crippen LogP contribution in [0.5, 0.6) is 0 Å². The average Bonchev–Trinajstić information content (AvgIpc) is 2.44. The minimum atomic E-state index is -0.483. The van der Waals surface area contributed by atoms with Crippen LogP contribution in [-0.2, 0) is 9.53 Å². The number of rotatable bonds is 4. The molecule has 1 fully saturated rings. The third-order valence-electron chi connectivity index (χ3n) is 4.29. The third kappa shape index (κ3) is 6.37. The predicted octanol–water partition coefficient (Wildman–Crippen LogP) is 2.26. The number of nitrogens with two attached hydrogens (primary N) is 1. The zero-order chi connectivity index (χ0) is 17.8. The summed E-state index contributed by atoms with van der Waals surface area (Å²) < 4.78 is 5.40. The molecule has 1 rings (SSSR count). The van der Waals surface area contributed by atoms with Gasteiger partial charge in [0.15, 0.2) is 0 Å². The molecule has 134 valence electrons. The van der Waals surface area contributed by atoms with Crippen molar-refractivity contribution in [2.24, 2.45) is 11.7 Å². The summed E-state index contributed by atoms with van der Waals surface area (Å²) in [6.07, 6.45) is 3.14. The first kappa shape index (κ1) is 19.7. The maximum atomic E-state index is 12.1. The topological polar surface area (TPSA) is 84.7 Å². The summed E-state index contributed by atoms with van der Waals surface area (Å²) in [7, 11) is 1.78. The third-order valence-corrected chi connectivity index (χ3v) is 4.29. The first-order valence-corrected chi connectivity index (χ1v) is 8.53. The van der Waals surface area contributed by atoms with Gasteiger partial charge in [0.05, 0.1) is 6.04 Å². The van der Waals surface area contributed by atoms with Gasteiger partial charge in [0.25, 0.3) is 0 Å². The molecule has 3 N–H and O–H groups in total. The summed E-state index contributed by atoms with van der Waals surface area (Å²) in [6, 6.07) is -0.149. The van der Waals surface area contributed by atoms with E-state index in [0.29, 0.717) is 0 Å². The van der Waals surface area contributed by atoms with Crippen molar-refractivity contribution in [2.45, 2.75) is 84.0 Å². The van der Waals surface area contributed by atoms with E-state index in [0.717, 1.165) is 25.7 Å². The quantitative estimate of drug-likeness (QED) is 0.829. The van der Waals surface area contributed by atoms with E-state index in [1.807, 2.05) is 34.6 Å². The van der Waals surface area contributed by atoms with Crippen molar-refractivity contribution in [3.8, 4) is 0 Å². The monoisotopic (exact) mass is 327 g/mol. The Morgan fingerprint density at radius 3 is 2.13 bits per heavy atom. The van der Waals surface area contributed by atoms with E-state index >= 15 is 0 Å². The molecule has 0 saturated heterocycles. The highest BCUT2D eigenvalue weighted by Crippen LogP contribution is 2.24. The van der Waals surface area contributed by atoms with Crippen molar-refractivity contribution in [1.82, 2.24) is 10.2 Å². The lowest BCUT2D eigenvalue weighted by Crippen LogP contribution is -2.50. The Morgan fingerprint density at radius 1 is 1.17 bits per heavy atom. The van der Waals surface area contributed by atoms with Crippen LogP contribution in [0.3, 0.4) is 0 Å². The highest BCUT2D eigenvalue weighted by molar-refractivity contribution is 5.82. The van der Waals surface area contributed by atoms with Gasteiger partial charge in [0.2, 0.25) is 5.91 Å². The number of ether oxygens (including phenoxy) is 1. The molecule has 0 spiro atoms. The van der Waals surface area contributed by atoms with Gasteiger partial charge in [-0.1, -0.05) is 13.8 Å². The molecule has 0 aromatic carbocycles. The zero-order valence-electron chi connectivity index (χ0n) is 15.4. The van der Waals surface area contributed by atoms with Crippen molar-refractivity contribution in [1.29, 1.82) is 0 Å². The Morgan fingerprint density at radius 2 is 1.70 bits per heavy atom. The minimum absolute atomic E-state index is 0.0797. The smallest absolute Gasteiger partial charge is 0.410 e. The summed E-state index contributed by atoms with van der Waals surface area (Å²) in [6.45, 7) is 9.48. The molecule has 0 aromatic rings. The summed E-state index contributed by atoms with van der Waals surface area (Å²) in [4.78, 5) is 25.8. The van der Waals surface area contributed by atoms with Crippen molar-refractivity contribution in [3.63, 3.8) is 0 Å². The van der Waals surface area contributed by atoms with Gasteiger partial charge in [-0.25, -0.2) is 4.79 Å². The molecule has 2 amide bonds. The molecule has 0 bridgehead atoms. The van der Waals surface area contributed by atoms with Crippen LogP contribution in [0.1, 0.15) is 60.3 Å². The molecule has 6 heteroatoms. The molecule has 6 nitrogen and oxygen atoms in total. The van der Waals surface area contributed by atoms with Crippen LogP contribution in [0.2, 0.25) is 0 Å². The SMILES string of the molecule is CC(C)[C@H](N)C(=O)NC1CCC(N(C)C(=O)OC(C)(C)C)CC1. The van der Waals surface area contributed by atoms with Crippen LogP contribution in [0.15, 0.2) is 0 Å². The lowest BCUT2D eigenvalue weighted by atomic mass is 9.90. The molecule has 0 unspecified atom stereocenters. The first-order chi connectivity index (χ1) is 10.5. The minimum Gasteiger partial charge on any atom is -0.444 e. The number of carbonyl (C=O) groups is 2. The van der Waals surface area contributed by atoms with Crippen molar-refractivity contribution < 1.29 is 14.3 Å². The molecular weight excluding hydrogens is 294 g/mol. The fourth-order valence-corrected chi connectivity index (χ4v) is 2.69. The second kappa shape index (κ2) is 7.99. The Bertz CT molecular complexity index is 410. The largest absolute Gasteiger partial charge is 0.444 e. The lowest BCUT2D eigenvalue weighted by Gasteiger charge is -2.36. The summed E-state index contributed by atoms with van der Waals surface area (Å²) in [5.74, 6) is 0.0496. The normalized spacial score (nSPS) is 23.3. The maximum absolute atomic E-state index is 12.1. The van der Waals surface area contributed by atoms with Crippen LogP contribution in [-0.4, -0.2) is 47.7 Å². The second-order valence-corrected chi connectivity index (χ2v) is 7.88. The van der Waals surface area contributed by atoms with Crippen LogP contribution in [0.4, 0.5) is 4.79 Å². The average molecular weight is 327 g/mol. The van der Waals surface area contributed by atoms with Crippen LogP contribution in [0.25, 0.3) is 0 Å². The van der Waals surface area contributed by atoms with Gasteiger partial charge in [-0.05, 0) is 52.4 Å². The van der Waals surface area contributed by atoms with E-state index in [2.05, 4.69) is 5.32 Å². The highest BCUT2D eigenvalue weighted by atomic mass is 16.6. The van der Waals surface area contributed by atoms with Gasteiger partial charge in [-0.2, -0.15) is 0 Å². The van der Waals surface area contributed by atoms with E-state index in [4.69, 9.17) is 10.5 Å². The van der Waals surface area contributed by atoms with Gasteiger partial charge < -0.3 is 20.7 Å². The fourth-order valence-electron chi connectivity index (χ4n) is 2.69. The van der Waals surface area contributed by atoms with Crippen LogP contribution < -0.4 is 11.1 Å². The summed E-state index contributed by atoms with van der Waals surface area (Å²) in [5.41, 5.74) is 5.39. The fraction of sp³-hybridized carbons (Fsp3) is 0.882. The van der Waals surface area contributed by atoms with E-state index in [1.165, 1.54) is 0 Å². The van der Waals surface area contributed by atoms with E-state index in [-0.39, 0.29) is 30.0 Å².